The third-order valence-corrected chi connectivity index (χ3v) is 3.85. The number of thiophene rings is 1. The molecular weight excluding hydrogens is 258 g/mol. The van der Waals surface area contributed by atoms with Crippen LogP contribution in [0.3, 0.4) is 0 Å². The van der Waals surface area contributed by atoms with Crippen molar-refractivity contribution in [1.82, 2.24) is 4.98 Å². The minimum Gasteiger partial charge on any atom is -0.545 e. The Kier molecular flexibility index (Phi) is 2.80. The number of rotatable bonds is 2. The molecule has 4 heteroatoms. The number of carboxylic acid groups (broad SMARTS) is 1. The van der Waals surface area contributed by atoms with E-state index in [2.05, 4.69) is 4.98 Å². The Bertz CT molecular complexity index is 763. The normalized spacial score (nSPS) is 10.8. The van der Waals surface area contributed by atoms with Crippen LogP contribution in [0.25, 0.3) is 21.5 Å². The van der Waals surface area contributed by atoms with Gasteiger partial charge in [-0.15, -0.1) is 11.3 Å². The van der Waals surface area contributed by atoms with E-state index >= 15 is 0 Å². The van der Waals surface area contributed by atoms with Crippen molar-refractivity contribution >= 4 is 28.2 Å². The molecule has 0 aliphatic heterocycles. The summed E-state index contributed by atoms with van der Waals surface area (Å²) >= 11 is 1.53. The Morgan fingerprint density at radius 3 is 2.79 bits per heavy atom. The molecule has 94 valence electrons. The maximum atomic E-state index is 11.3. The molecule has 0 fully saturated rings. The van der Waals surface area contributed by atoms with Crippen molar-refractivity contribution in [3.05, 3.63) is 52.9 Å². The minimum absolute atomic E-state index is 0.192. The molecule has 3 rings (SSSR count). The number of nitrogens with zero attached hydrogens (tertiary/aromatic N) is 1. The third-order valence-electron chi connectivity index (χ3n) is 2.96. The van der Waals surface area contributed by atoms with Crippen molar-refractivity contribution < 1.29 is 9.90 Å². The molecule has 0 aliphatic carbocycles. The smallest absolute Gasteiger partial charge is 0.0816 e. The highest BCUT2D eigenvalue weighted by Crippen LogP contribution is 2.28. The first kappa shape index (κ1) is 11.9. The van der Waals surface area contributed by atoms with Crippen LogP contribution in [0.4, 0.5) is 0 Å². The highest BCUT2D eigenvalue weighted by molar-refractivity contribution is 7.13. The first-order chi connectivity index (χ1) is 9.15. The number of pyridine rings is 1. The number of aromatic carboxylic acids is 1. The molecule has 0 unspecified atom stereocenters. The number of hydrogen-bond donors (Lipinski definition) is 0. The summed E-state index contributed by atoms with van der Waals surface area (Å²) in [4.78, 5) is 16.8. The first-order valence-electron chi connectivity index (χ1n) is 5.82. The van der Waals surface area contributed by atoms with E-state index < -0.39 is 5.97 Å². The molecule has 19 heavy (non-hydrogen) atoms. The average molecular weight is 268 g/mol. The fourth-order valence-corrected chi connectivity index (χ4v) is 2.75. The highest BCUT2D eigenvalue weighted by atomic mass is 32.1. The van der Waals surface area contributed by atoms with Gasteiger partial charge >= 0.3 is 0 Å². The minimum atomic E-state index is -1.17. The Morgan fingerprint density at radius 1 is 1.26 bits per heavy atom. The van der Waals surface area contributed by atoms with Crippen LogP contribution < -0.4 is 5.11 Å². The van der Waals surface area contributed by atoms with Gasteiger partial charge in [0.25, 0.3) is 0 Å². The van der Waals surface area contributed by atoms with E-state index in [-0.39, 0.29) is 5.56 Å². The van der Waals surface area contributed by atoms with Gasteiger partial charge in [0.2, 0.25) is 0 Å². The van der Waals surface area contributed by atoms with Crippen molar-refractivity contribution in [3.8, 4) is 10.6 Å². The zero-order valence-corrected chi connectivity index (χ0v) is 11.0. The molecule has 1 aromatic carbocycles. The van der Waals surface area contributed by atoms with Crippen molar-refractivity contribution in [3.63, 3.8) is 0 Å². The topological polar surface area (TPSA) is 53.0 Å². The van der Waals surface area contributed by atoms with Gasteiger partial charge in [0.05, 0.1) is 22.1 Å². The monoisotopic (exact) mass is 268 g/mol. The lowest BCUT2D eigenvalue weighted by Gasteiger charge is -2.10. The van der Waals surface area contributed by atoms with E-state index in [1.54, 1.807) is 6.07 Å². The summed E-state index contributed by atoms with van der Waals surface area (Å²) in [7, 11) is 0. The molecule has 0 radical (unpaired) electrons. The summed E-state index contributed by atoms with van der Waals surface area (Å²) in [5.41, 5.74) is 2.54. The second-order valence-electron chi connectivity index (χ2n) is 4.34. The molecule has 0 bridgehead atoms. The number of hydrogen-bond acceptors (Lipinski definition) is 4. The lowest BCUT2D eigenvalue weighted by molar-refractivity contribution is -0.254. The van der Waals surface area contributed by atoms with Crippen LogP contribution in [0.2, 0.25) is 0 Å². The molecule has 0 saturated carbocycles. The summed E-state index contributed by atoms with van der Waals surface area (Å²) in [6.07, 6.45) is 0. The summed E-state index contributed by atoms with van der Waals surface area (Å²) in [5, 5.41) is 13.9. The molecule has 3 aromatic rings. The number of benzene rings is 1. The van der Waals surface area contributed by atoms with Crippen LogP contribution in [0.15, 0.2) is 41.8 Å². The predicted molar refractivity (Wildman–Crippen MR) is 74.1 cm³/mol. The fourth-order valence-electron chi connectivity index (χ4n) is 2.06. The number of fused-ring (bicyclic) bond motifs is 1. The molecule has 3 nitrogen and oxygen atoms in total. The SMILES string of the molecule is Cc1ccc2nc(-c3cccs3)cc(C(=O)[O-])c2c1. The largest absolute Gasteiger partial charge is 0.545 e. The van der Waals surface area contributed by atoms with Gasteiger partial charge in [-0.1, -0.05) is 17.7 Å². The molecular formula is C15H10NO2S-. The van der Waals surface area contributed by atoms with Gasteiger partial charge in [-0.05, 0) is 36.6 Å². The van der Waals surface area contributed by atoms with Crippen LogP contribution in [-0.4, -0.2) is 11.0 Å². The summed E-state index contributed by atoms with van der Waals surface area (Å²) in [5.74, 6) is -1.17. The molecule has 0 atom stereocenters. The predicted octanol–water partition coefficient (Wildman–Crippen LogP) is 2.64. The molecule has 2 heterocycles. The van der Waals surface area contributed by atoms with E-state index in [9.17, 15) is 9.90 Å². The van der Waals surface area contributed by atoms with Crippen molar-refractivity contribution in [1.29, 1.82) is 0 Å². The fraction of sp³-hybridized carbons (Fsp3) is 0.0667. The number of aryl methyl sites for hydroxylation is 1. The third kappa shape index (κ3) is 2.11. The lowest BCUT2D eigenvalue weighted by Crippen LogP contribution is -2.22. The standard InChI is InChI=1S/C15H11NO2S/c1-9-4-5-12-10(7-9)11(15(17)18)8-13(16-12)14-3-2-6-19-14/h2-8H,1H3,(H,17,18)/p-1. The average Bonchev–Trinajstić information content (AvgIpc) is 2.91. The Morgan fingerprint density at radius 2 is 2.11 bits per heavy atom. The zero-order chi connectivity index (χ0) is 13.4. The molecule has 0 N–H and O–H groups in total. The summed E-state index contributed by atoms with van der Waals surface area (Å²) < 4.78 is 0. The van der Waals surface area contributed by atoms with E-state index in [4.69, 9.17) is 0 Å². The van der Waals surface area contributed by atoms with E-state index in [1.807, 2.05) is 42.6 Å². The quantitative estimate of drug-likeness (QED) is 0.718. The van der Waals surface area contributed by atoms with Crippen LogP contribution in [0.1, 0.15) is 15.9 Å². The van der Waals surface area contributed by atoms with Crippen LogP contribution in [-0.2, 0) is 0 Å². The Labute approximate surface area is 114 Å². The molecule has 0 aliphatic rings. The van der Waals surface area contributed by atoms with Gasteiger partial charge in [0.1, 0.15) is 0 Å². The maximum Gasteiger partial charge on any atom is 0.0816 e. The van der Waals surface area contributed by atoms with Crippen molar-refractivity contribution in [2.24, 2.45) is 0 Å². The van der Waals surface area contributed by atoms with Crippen molar-refractivity contribution in [2.45, 2.75) is 6.92 Å². The number of carbonyl (C=O) groups is 1. The van der Waals surface area contributed by atoms with Crippen molar-refractivity contribution in [2.75, 3.05) is 0 Å². The zero-order valence-electron chi connectivity index (χ0n) is 10.2. The first-order valence-corrected chi connectivity index (χ1v) is 6.70. The van der Waals surface area contributed by atoms with Gasteiger partial charge < -0.3 is 9.90 Å². The van der Waals surface area contributed by atoms with Gasteiger partial charge in [-0.25, -0.2) is 4.98 Å². The number of aromatic nitrogens is 1. The van der Waals surface area contributed by atoms with Gasteiger partial charge in [-0.2, -0.15) is 0 Å². The van der Waals surface area contributed by atoms with E-state index in [1.165, 1.54) is 11.3 Å². The second-order valence-corrected chi connectivity index (χ2v) is 5.29. The molecule has 0 spiro atoms. The molecule has 0 amide bonds. The van der Waals surface area contributed by atoms with Crippen LogP contribution >= 0.6 is 11.3 Å². The summed E-state index contributed by atoms with van der Waals surface area (Å²) in [6.45, 7) is 1.92. The molecule has 2 aromatic heterocycles. The highest BCUT2D eigenvalue weighted by Gasteiger charge is 2.09. The lowest BCUT2D eigenvalue weighted by atomic mass is 10.0. The second kappa shape index (κ2) is 4.48. The number of carboxylic acids is 1. The Balaban J connectivity index is 2.34. The Hall–Kier alpha value is -2.20. The summed E-state index contributed by atoms with van der Waals surface area (Å²) in [6, 6.07) is 11.0. The molecule has 0 saturated heterocycles. The van der Waals surface area contributed by atoms with Gasteiger partial charge in [0, 0.05) is 10.9 Å². The van der Waals surface area contributed by atoms with Crippen LogP contribution in [0.5, 0.6) is 0 Å². The van der Waals surface area contributed by atoms with E-state index in [0.29, 0.717) is 16.6 Å². The van der Waals surface area contributed by atoms with Crippen LogP contribution in [0, 0.1) is 6.92 Å². The van der Waals surface area contributed by atoms with E-state index in [0.717, 1.165) is 10.4 Å². The van der Waals surface area contributed by atoms with Gasteiger partial charge in [-0.3, -0.25) is 0 Å². The maximum absolute atomic E-state index is 11.3. The number of carbonyl (C=O) groups excluding carboxylic acids is 1. The van der Waals surface area contributed by atoms with Gasteiger partial charge in [0.15, 0.2) is 0 Å².